The molecule has 5 rings (SSSR count). The zero-order chi connectivity index (χ0) is 22.6. The van der Waals surface area contributed by atoms with E-state index in [1.807, 2.05) is 18.2 Å². The molecule has 1 saturated carbocycles. The minimum atomic E-state index is 0.447. The third-order valence-corrected chi connectivity index (χ3v) is 7.49. The highest BCUT2D eigenvalue weighted by molar-refractivity contribution is 6.09. The molecule has 1 aliphatic rings. The highest BCUT2D eigenvalue weighted by atomic mass is 16.3. The minimum absolute atomic E-state index is 0.447. The van der Waals surface area contributed by atoms with Crippen LogP contribution in [0.5, 0.6) is 0 Å². The van der Waals surface area contributed by atoms with E-state index in [0.717, 1.165) is 44.7 Å². The summed E-state index contributed by atoms with van der Waals surface area (Å²) >= 11 is 0. The Labute approximate surface area is 196 Å². The zero-order valence-electron chi connectivity index (χ0n) is 19.5. The van der Waals surface area contributed by atoms with Crippen LogP contribution in [0.2, 0.25) is 0 Å². The van der Waals surface area contributed by atoms with Gasteiger partial charge in [-0.2, -0.15) is 5.26 Å². The Hall–Kier alpha value is -3.12. The van der Waals surface area contributed by atoms with Crippen LogP contribution in [-0.4, -0.2) is 4.98 Å². The number of furan rings is 1. The molecule has 33 heavy (non-hydrogen) atoms. The van der Waals surface area contributed by atoms with Crippen molar-refractivity contribution >= 4 is 21.9 Å². The van der Waals surface area contributed by atoms with Crippen molar-refractivity contribution in [3.63, 3.8) is 0 Å². The second-order valence-corrected chi connectivity index (χ2v) is 9.62. The highest BCUT2D eigenvalue weighted by Crippen LogP contribution is 2.41. The Morgan fingerprint density at radius 1 is 0.970 bits per heavy atom. The first-order chi connectivity index (χ1) is 16.3. The number of unbranched alkanes of at least 4 members (excludes halogenated alkanes) is 3. The standard InChI is InChI=1S/C30H32N2O/c1-2-3-4-5-9-21-14-16-22(17-15-21)27-18-28(32-20-23(27)19-31)26-12-8-11-25-24-10-6-7-13-29(24)33-30(25)26/h6-8,10-13,18,20-22H,2-5,9,14-17H2,1H3. The smallest absolute Gasteiger partial charge is 0.144 e. The Balaban J connectivity index is 1.42. The van der Waals surface area contributed by atoms with E-state index in [1.165, 1.54) is 63.4 Å². The Morgan fingerprint density at radius 3 is 2.61 bits per heavy atom. The van der Waals surface area contributed by atoms with E-state index in [0.29, 0.717) is 5.92 Å². The number of rotatable bonds is 7. The van der Waals surface area contributed by atoms with E-state index < -0.39 is 0 Å². The van der Waals surface area contributed by atoms with Crippen molar-refractivity contribution < 1.29 is 4.42 Å². The molecule has 0 aliphatic heterocycles. The molecule has 0 amide bonds. The van der Waals surface area contributed by atoms with Crippen LogP contribution in [0, 0.1) is 17.2 Å². The van der Waals surface area contributed by atoms with Crippen LogP contribution in [0.15, 0.2) is 59.1 Å². The first-order valence-corrected chi connectivity index (χ1v) is 12.6. The van der Waals surface area contributed by atoms with Gasteiger partial charge < -0.3 is 4.42 Å². The van der Waals surface area contributed by atoms with E-state index in [9.17, 15) is 5.26 Å². The van der Waals surface area contributed by atoms with Gasteiger partial charge in [0.05, 0.1) is 11.3 Å². The molecule has 168 valence electrons. The molecule has 0 radical (unpaired) electrons. The van der Waals surface area contributed by atoms with Crippen LogP contribution in [0.4, 0.5) is 0 Å². The van der Waals surface area contributed by atoms with E-state index in [4.69, 9.17) is 4.42 Å². The fourth-order valence-electron chi connectivity index (χ4n) is 5.62. The first kappa shape index (κ1) is 21.7. The maximum absolute atomic E-state index is 9.79. The van der Waals surface area contributed by atoms with Crippen molar-refractivity contribution in [2.75, 3.05) is 0 Å². The maximum Gasteiger partial charge on any atom is 0.144 e. The molecule has 0 saturated heterocycles. The molecule has 4 aromatic rings. The molecular weight excluding hydrogens is 404 g/mol. The van der Waals surface area contributed by atoms with E-state index in [-0.39, 0.29) is 0 Å². The SMILES string of the molecule is CCCCCCC1CCC(c2cc(-c3cccc4c3oc3ccccc34)ncc2C#N)CC1. The lowest BCUT2D eigenvalue weighted by atomic mass is 9.76. The van der Waals surface area contributed by atoms with Crippen LogP contribution in [-0.2, 0) is 0 Å². The summed E-state index contributed by atoms with van der Waals surface area (Å²) in [6, 6.07) is 19.0. The van der Waals surface area contributed by atoms with Crippen molar-refractivity contribution in [1.29, 1.82) is 5.26 Å². The third kappa shape index (κ3) is 4.40. The third-order valence-electron chi connectivity index (χ3n) is 7.49. The van der Waals surface area contributed by atoms with E-state index >= 15 is 0 Å². The maximum atomic E-state index is 9.79. The highest BCUT2D eigenvalue weighted by Gasteiger charge is 2.25. The van der Waals surface area contributed by atoms with Gasteiger partial charge in [-0.3, -0.25) is 4.98 Å². The predicted octanol–water partition coefficient (Wildman–Crippen LogP) is 8.76. The molecule has 0 bridgehead atoms. The number of aromatic nitrogens is 1. The molecule has 0 atom stereocenters. The molecule has 0 unspecified atom stereocenters. The number of para-hydroxylation sites is 2. The van der Waals surface area contributed by atoms with Gasteiger partial charge in [0, 0.05) is 22.5 Å². The monoisotopic (exact) mass is 436 g/mol. The lowest BCUT2D eigenvalue weighted by molar-refractivity contribution is 0.302. The number of nitriles is 1. The summed E-state index contributed by atoms with van der Waals surface area (Å²) in [5.41, 5.74) is 5.56. The number of fused-ring (bicyclic) bond motifs is 3. The minimum Gasteiger partial charge on any atom is -0.455 e. The van der Waals surface area contributed by atoms with Crippen LogP contribution in [0.3, 0.4) is 0 Å². The van der Waals surface area contributed by atoms with Gasteiger partial charge in [0.2, 0.25) is 0 Å². The molecule has 1 aliphatic carbocycles. The summed E-state index contributed by atoms with van der Waals surface area (Å²) in [6.45, 7) is 2.27. The fraction of sp³-hybridized carbons (Fsp3) is 0.400. The van der Waals surface area contributed by atoms with Gasteiger partial charge in [-0.1, -0.05) is 69.4 Å². The predicted molar refractivity (Wildman–Crippen MR) is 135 cm³/mol. The number of hydrogen-bond donors (Lipinski definition) is 0. The van der Waals surface area contributed by atoms with Crippen LogP contribution < -0.4 is 0 Å². The molecule has 2 aromatic carbocycles. The average Bonchev–Trinajstić information content (AvgIpc) is 3.26. The zero-order valence-corrected chi connectivity index (χ0v) is 19.5. The Bertz CT molecular complexity index is 1290. The summed E-state index contributed by atoms with van der Waals surface area (Å²) in [6.07, 6.45) is 13.4. The number of hydrogen-bond acceptors (Lipinski definition) is 3. The van der Waals surface area contributed by atoms with Gasteiger partial charge in [-0.05, 0) is 61.3 Å². The molecule has 3 heteroatoms. The number of benzene rings is 2. The lowest BCUT2D eigenvalue weighted by Gasteiger charge is -2.29. The summed E-state index contributed by atoms with van der Waals surface area (Å²) in [5, 5.41) is 12.0. The summed E-state index contributed by atoms with van der Waals surface area (Å²) in [7, 11) is 0. The summed E-state index contributed by atoms with van der Waals surface area (Å²) < 4.78 is 6.24. The van der Waals surface area contributed by atoms with E-state index in [2.05, 4.69) is 48.3 Å². The molecule has 0 N–H and O–H groups in total. The van der Waals surface area contributed by atoms with E-state index in [1.54, 1.807) is 6.20 Å². The van der Waals surface area contributed by atoms with Crippen molar-refractivity contribution in [2.45, 2.75) is 70.6 Å². The molecular formula is C30H32N2O. The van der Waals surface area contributed by atoms with Crippen molar-refractivity contribution in [3.05, 3.63) is 65.9 Å². The average molecular weight is 437 g/mol. The van der Waals surface area contributed by atoms with Gasteiger partial charge in [0.25, 0.3) is 0 Å². The molecule has 2 aromatic heterocycles. The van der Waals surface area contributed by atoms with Crippen LogP contribution in [0.25, 0.3) is 33.2 Å². The molecule has 2 heterocycles. The number of nitrogens with zero attached hydrogens (tertiary/aromatic N) is 2. The van der Waals surface area contributed by atoms with Crippen LogP contribution >= 0.6 is 0 Å². The summed E-state index contributed by atoms with van der Waals surface area (Å²) in [5.74, 6) is 1.30. The Morgan fingerprint density at radius 2 is 1.79 bits per heavy atom. The topological polar surface area (TPSA) is 49.8 Å². The van der Waals surface area contributed by atoms with Gasteiger partial charge in [0.1, 0.15) is 17.2 Å². The van der Waals surface area contributed by atoms with Gasteiger partial charge >= 0.3 is 0 Å². The van der Waals surface area contributed by atoms with Gasteiger partial charge in [-0.15, -0.1) is 0 Å². The first-order valence-electron chi connectivity index (χ1n) is 12.6. The second kappa shape index (κ2) is 9.79. The van der Waals surface area contributed by atoms with Gasteiger partial charge in [-0.25, -0.2) is 0 Å². The quantitative estimate of drug-likeness (QED) is 0.272. The van der Waals surface area contributed by atoms with Crippen molar-refractivity contribution in [1.82, 2.24) is 4.98 Å². The largest absolute Gasteiger partial charge is 0.455 e. The number of pyridine rings is 1. The summed E-state index contributed by atoms with van der Waals surface area (Å²) in [4.78, 5) is 4.69. The van der Waals surface area contributed by atoms with Gasteiger partial charge in [0.15, 0.2) is 0 Å². The van der Waals surface area contributed by atoms with Crippen LogP contribution in [0.1, 0.15) is 81.8 Å². The Kier molecular flexibility index (Phi) is 6.44. The molecule has 0 spiro atoms. The lowest BCUT2D eigenvalue weighted by Crippen LogP contribution is -2.14. The molecule has 3 nitrogen and oxygen atoms in total. The van der Waals surface area contributed by atoms with Crippen molar-refractivity contribution in [3.8, 4) is 17.3 Å². The molecule has 1 fully saturated rings. The fourth-order valence-corrected chi connectivity index (χ4v) is 5.62. The second-order valence-electron chi connectivity index (χ2n) is 9.62. The normalized spacial score (nSPS) is 18.5. The van der Waals surface area contributed by atoms with Crippen molar-refractivity contribution in [2.24, 2.45) is 5.92 Å².